The number of nitrogens with zero attached hydrogens (tertiary/aromatic N) is 1. The Labute approximate surface area is 73.6 Å². The van der Waals surface area contributed by atoms with Gasteiger partial charge >= 0.3 is 0 Å². The zero-order valence-corrected chi connectivity index (χ0v) is 7.76. The fourth-order valence-corrected chi connectivity index (χ4v) is 2.13. The molecule has 12 heavy (non-hydrogen) atoms. The van der Waals surface area contributed by atoms with Gasteiger partial charge in [0.2, 0.25) is 0 Å². The van der Waals surface area contributed by atoms with Crippen LogP contribution in [-0.4, -0.2) is 5.78 Å². The molecule has 1 saturated carbocycles. The first kappa shape index (κ1) is 9.25. The van der Waals surface area contributed by atoms with Gasteiger partial charge in [-0.1, -0.05) is 13.8 Å². The van der Waals surface area contributed by atoms with E-state index < -0.39 is 0 Å². The van der Waals surface area contributed by atoms with Crippen molar-refractivity contribution in [3.8, 4) is 6.07 Å². The second-order valence-electron chi connectivity index (χ2n) is 4.52. The van der Waals surface area contributed by atoms with Crippen molar-refractivity contribution in [3.05, 3.63) is 0 Å². The Kier molecular flexibility index (Phi) is 2.52. The summed E-state index contributed by atoms with van der Waals surface area (Å²) in [7, 11) is 0. The van der Waals surface area contributed by atoms with Gasteiger partial charge in [-0.15, -0.1) is 0 Å². The molecule has 0 heterocycles. The number of carbonyl (C=O) groups is 1. The second kappa shape index (κ2) is 3.26. The Hall–Kier alpha value is -0.840. The summed E-state index contributed by atoms with van der Waals surface area (Å²) in [6.07, 6.45) is 2.87. The minimum absolute atomic E-state index is 0.122. The van der Waals surface area contributed by atoms with E-state index in [2.05, 4.69) is 19.9 Å². The minimum atomic E-state index is 0.122. The van der Waals surface area contributed by atoms with Crippen LogP contribution in [0.15, 0.2) is 0 Å². The molecule has 0 aromatic heterocycles. The van der Waals surface area contributed by atoms with E-state index in [1.54, 1.807) is 0 Å². The van der Waals surface area contributed by atoms with Gasteiger partial charge in [-0.05, 0) is 17.8 Å². The average molecular weight is 165 g/mol. The van der Waals surface area contributed by atoms with Crippen molar-refractivity contribution in [3.63, 3.8) is 0 Å². The van der Waals surface area contributed by atoms with Gasteiger partial charge in [0.15, 0.2) is 0 Å². The lowest BCUT2D eigenvalue weighted by atomic mass is 9.71. The molecule has 0 saturated heterocycles. The van der Waals surface area contributed by atoms with Crippen molar-refractivity contribution in [2.24, 2.45) is 11.3 Å². The standard InChI is InChI=1S/C10H15NO/c1-10(2)6-8(3-4-11)5-9(12)7-10/h8H,3,5-7H2,1-2H3. The first-order chi connectivity index (χ1) is 5.53. The first-order valence-electron chi connectivity index (χ1n) is 4.42. The third-order valence-electron chi connectivity index (χ3n) is 2.41. The molecule has 0 aromatic rings. The Balaban J connectivity index is 2.59. The van der Waals surface area contributed by atoms with E-state index >= 15 is 0 Å². The molecule has 0 N–H and O–H groups in total. The van der Waals surface area contributed by atoms with Crippen LogP contribution in [0.2, 0.25) is 0 Å². The van der Waals surface area contributed by atoms with E-state index in [1.807, 2.05) is 0 Å². The molecular weight excluding hydrogens is 150 g/mol. The number of carbonyl (C=O) groups excluding carboxylic acids is 1. The first-order valence-corrected chi connectivity index (χ1v) is 4.42. The number of ketones is 1. The van der Waals surface area contributed by atoms with Crippen molar-refractivity contribution in [1.29, 1.82) is 5.26 Å². The van der Waals surface area contributed by atoms with Crippen LogP contribution in [0.25, 0.3) is 0 Å². The van der Waals surface area contributed by atoms with Crippen LogP contribution < -0.4 is 0 Å². The van der Waals surface area contributed by atoms with Gasteiger partial charge in [-0.2, -0.15) is 5.26 Å². The van der Waals surface area contributed by atoms with Crippen LogP contribution >= 0.6 is 0 Å². The predicted octanol–water partition coefficient (Wildman–Crippen LogP) is 2.30. The van der Waals surface area contributed by atoms with Crippen molar-refractivity contribution in [1.82, 2.24) is 0 Å². The van der Waals surface area contributed by atoms with Gasteiger partial charge in [0.25, 0.3) is 0 Å². The average Bonchev–Trinajstić information content (AvgIpc) is 1.82. The zero-order valence-electron chi connectivity index (χ0n) is 7.76. The quantitative estimate of drug-likeness (QED) is 0.598. The maximum Gasteiger partial charge on any atom is 0.133 e. The second-order valence-corrected chi connectivity index (χ2v) is 4.52. The molecule has 1 atom stereocenters. The molecular formula is C10H15NO. The van der Waals surface area contributed by atoms with Gasteiger partial charge < -0.3 is 0 Å². The van der Waals surface area contributed by atoms with Gasteiger partial charge in [-0.3, -0.25) is 4.79 Å². The lowest BCUT2D eigenvalue weighted by molar-refractivity contribution is -0.124. The number of hydrogen-bond donors (Lipinski definition) is 0. The van der Waals surface area contributed by atoms with E-state index in [4.69, 9.17) is 5.26 Å². The minimum Gasteiger partial charge on any atom is -0.300 e. The van der Waals surface area contributed by atoms with Crippen molar-refractivity contribution in [2.45, 2.75) is 39.5 Å². The molecule has 0 amide bonds. The summed E-state index contributed by atoms with van der Waals surface area (Å²) < 4.78 is 0. The van der Waals surface area contributed by atoms with E-state index in [0.29, 0.717) is 31.0 Å². The summed E-state index contributed by atoms with van der Waals surface area (Å²) in [6.45, 7) is 4.21. The molecule has 0 spiro atoms. The maximum atomic E-state index is 11.3. The Bertz CT molecular complexity index is 224. The van der Waals surface area contributed by atoms with E-state index in [9.17, 15) is 4.79 Å². The molecule has 1 unspecified atom stereocenters. The highest BCUT2D eigenvalue weighted by Crippen LogP contribution is 2.37. The molecule has 0 radical (unpaired) electrons. The highest BCUT2D eigenvalue weighted by atomic mass is 16.1. The molecule has 0 aliphatic heterocycles. The lowest BCUT2D eigenvalue weighted by Crippen LogP contribution is -2.28. The molecule has 1 fully saturated rings. The predicted molar refractivity (Wildman–Crippen MR) is 46.4 cm³/mol. The molecule has 1 rings (SSSR count). The smallest absolute Gasteiger partial charge is 0.133 e. The number of rotatable bonds is 1. The third-order valence-corrected chi connectivity index (χ3v) is 2.41. The van der Waals surface area contributed by atoms with E-state index in [0.717, 1.165) is 6.42 Å². The van der Waals surface area contributed by atoms with Gasteiger partial charge in [-0.25, -0.2) is 0 Å². The number of nitriles is 1. The fraction of sp³-hybridized carbons (Fsp3) is 0.800. The highest BCUT2D eigenvalue weighted by molar-refractivity contribution is 5.80. The zero-order chi connectivity index (χ0) is 9.19. The van der Waals surface area contributed by atoms with Crippen LogP contribution in [0.4, 0.5) is 0 Å². The third kappa shape index (κ3) is 2.34. The summed E-state index contributed by atoms with van der Waals surface area (Å²) in [5, 5.41) is 8.51. The molecule has 2 heteroatoms. The largest absolute Gasteiger partial charge is 0.300 e. The molecule has 0 bridgehead atoms. The summed E-state index contributed by atoms with van der Waals surface area (Å²) in [5.74, 6) is 0.637. The summed E-state index contributed by atoms with van der Waals surface area (Å²) in [4.78, 5) is 11.3. The molecule has 1 aliphatic rings. The number of Topliss-reactive ketones (excluding diaryl/α,β-unsaturated/α-hetero) is 1. The van der Waals surface area contributed by atoms with Crippen molar-refractivity contribution in [2.75, 3.05) is 0 Å². The van der Waals surface area contributed by atoms with Crippen LogP contribution in [0, 0.1) is 22.7 Å². The summed E-state index contributed by atoms with van der Waals surface area (Å²) in [6, 6.07) is 2.14. The van der Waals surface area contributed by atoms with E-state index in [-0.39, 0.29) is 5.41 Å². The maximum absolute atomic E-state index is 11.3. The van der Waals surface area contributed by atoms with Crippen molar-refractivity contribution >= 4 is 5.78 Å². The lowest BCUT2D eigenvalue weighted by Gasteiger charge is -2.33. The molecule has 66 valence electrons. The van der Waals surface area contributed by atoms with Gasteiger partial charge in [0.1, 0.15) is 5.78 Å². The molecule has 1 aliphatic carbocycles. The number of hydrogen-bond acceptors (Lipinski definition) is 2. The highest BCUT2D eigenvalue weighted by Gasteiger charge is 2.32. The molecule has 2 nitrogen and oxygen atoms in total. The summed E-state index contributed by atoms with van der Waals surface area (Å²) >= 11 is 0. The van der Waals surface area contributed by atoms with Gasteiger partial charge in [0, 0.05) is 19.3 Å². The van der Waals surface area contributed by atoms with Crippen LogP contribution in [0.1, 0.15) is 39.5 Å². The SMILES string of the molecule is CC1(C)CC(=O)CC(CC#N)C1. The van der Waals surface area contributed by atoms with E-state index in [1.165, 1.54) is 0 Å². The monoisotopic (exact) mass is 165 g/mol. The Morgan fingerprint density at radius 1 is 1.67 bits per heavy atom. The van der Waals surface area contributed by atoms with Crippen LogP contribution in [0.3, 0.4) is 0 Å². The Morgan fingerprint density at radius 3 is 2.83 bits per heavy atom. The fourth-order valence-electron chi connectivity index (χ4n) is 2.13. The van der Waals surface area contributed by atoms with Gasteiger partial charge in [0.05, 0.1) is 6.07 Å². The van der Waals surface area contributed by atoms with Crippen LogP contribution in [0.5, 0.6) is 0 Å². The molecule has 0 aromatic carbocycles. The topological polar surface area (TPSA) is 40.9 Å². The Morgan fingerprint density at radius 2 is 2.33 bits per heavy atom. The normalized spacial score (nSPS) is 28.1. The van der Waals surface area contributed by atoms with Crippen molar-refractivity contribution < 1.29 is 4.79 Å². The summed E-state index contributed by atoms with van der Waals surface area (Å²) in [5.41, 5.74) is 0.122. The van der Waals surface area contributed by atoms with Crippen LogP contribution in [-0.2, 0) is 4.79 Å².